The number of rotatable bonds is 5. The number of aliphatic hydroxyl groups excluding tert-OH is 1. The number of ether oxygens (including phenoxy) is 2. The van der Waals surface area contributed by atoms with Gasteiger partial charge in [-0.15, -0.1) is 0 Å². The predicted molar refractivity (Wildman–Crippen MR) is 74.3 cm³/mol. The van der Waals surface area contributed by atoms with E-state index in [4.69, 9.17) is 9.47 Å². The summed E-state index contributed by atoms with van der Waals surface area (Å²) in [5.74, 6) is -0.522. The average molecular weight is 294 g/mol. The molecule has 0 heterocycles. The molecule has 0 aliphatic heterocycles. The summed E-state index contributed by atoms with van der Waals surface area (Å²) in [6, 6.07) is 8.57. The van der Waals surface area contributed by atoms with E-state index >= 15 is 0 Å². The number of aliphatic hydroxyl groups is 1. The van der Waals surface area contributed by atoms with Gasteiger partial charge >= 0.3 is 0 Å². The van der Waals surface area contributed by atoms with E-state index in [1.54, 1.807) is 12.1 Å². The zero-order chi connectivity index (χ0) is 15.4. The van der Waals surface area contributed by atoms with Gasteiger partial charge in [-0.2, -0.15) is 0 Å². The highest BCUT2D eigenvalue weighted by Crippen LogP contribution is 2.28. The molecule has 0 aliphatic rings. The molecule has 5 heteroatoms. The Kier molecular flexibility index (Phi) is 4.75. The van der Waals surface area contributed by atoms with Crippen LogP contribution in [0.2, 0.25) is 0 Å². The highest BCUT2D eigenvalue weighted by atomic mass is 19.1. The summed E-state index contributed by atoms with van der Waals surface area (Å²) in [6.45, 7) is 1.46. The summed E-state index contributed by atoms with van der Waals surface area (Å²) in [7, 11) is 1.38. The van der Waals surface area contributed by atoms with Crippen molar-refractivity contribution in [3.05, 3.63) is 59.2 Å². The molecule has 0 bridgehead atoms. The molecule has 1 atom stereocenters. The van der Waals surface area contributed by atoms with E-state index in [0.29, 0.717) is 16.9 Å². The summed E-state index contributed by atoms with van der Waals surface area (Å²) in [5, 5.41) is 9.62. The molecule has 1 N–H and O–H groups in total. The van der Waals surface area contributed by atoms with E-state index in [2.05, 4.69) is 0 Å². The molecular formula is C16H16F2O3. The minimum absolute atomic E-state index is 0.0472. The van der Waals surface area contributed by atoms with Crippen molar-refractivity contribution in [3.8, 4) is 11.5 Å². The largest absolute Gasteiger partial charge is 0.494 e. The quantitative estimate of drug-likeness (QED) is 0.915. The first-order valence-corrected chi connectivity index (χ1v) is 6.44. The van der Waals surface area contributed by atoms with Crippen LogP contribution in [0, 0.1) is 11.6 Å². The molecular weight excluding hydrogens is 278 g/mol. The molecule has 0 aliphatic carbocycles. The van der Waals surface area contributed by atoms with Crippen molar-refractivity contribution in [2.24, 2.45) is 0 Å². The molecule has 0 aromatic heterocycles. The molecule has 2 aromatic carbocycles. The van der Waals surface area contributed by atoms with Gasteiger partial charge in [-0.25, -0.2) is 8.78 Å². The Morgan fingerprint density at radius 1 is 1.14 bits per heavy atom. The van der Waals surface area contributed by atoms with Gasteiger partial charge in [0.15, 0.2) is 11.6 Å². The summed E-state index contributed by atoms with van der Waals surface area (Å²) in [6.07, 6.45) is -0.883. The molecule has 21 heavy (non-hydrogen) atoms. The molecule has 2 rings (SSSR count). The number of methoxy groups -OCH3 is 1. The Balaban J connectivity index is 2.21. The Morgan fingerprint density at radius 3 is 2.57 bits per heavy atom. The smallest absolute Gasteiger partial charge is 0.171 e. The van der Waals surface area contributed by atoms with Crippen molar-refractivity contribution >= 4 is 0 Å². The standard InChI is InChI=1S/C16H16F2O3/c1-10(19)13-8-12(17)6-7-14(13)21-9-11-4-3-5-15(20-2)16(11)18/h3-8,10,19H,9H2,1-2H3/t10-/m0/s1. The minimum atomic E-state index is -0.883. The van der Waals surface area contributed by atoms with Crippen molar-refractivity contribution in [3.63, 3.8) is 0 Å². The lowest BCUT2D eigenvalue weighted by molar-refractivity contribution is 0.189. The van der Waals surface area contributed by atoms with Gasteiger partial charge < -0.3 is 14.6 Å². The summed E-state index contributed by atoms with van der Waals surface area (Å²) in [4.78, 5) is 0. The highest BCUT2D eigenvalue weighted by Gasteiger charge is 2.13. The molecule has 112 valence electrons. The predicted octanol–water partition coefficient (Wildman–Crippen LogP) is 3.61. The van der Waals surface area contributed by atoms with Crippen LogP contribution >= 0.6 is 0 Å². The third-order valence-corrected chi connectivity index (χ3v) is 3.07. The van der Waals surface area contributed by atoms with Gasteiger partial charge in [-0.05, 0) is 31.2 Å². The average Bonchev–Trinajstić information content (AvgIpc) is 2.47. The Hall–Kier alpha value is -2.14. The van der Waals surface area contributed by atoms with Crippen molar-refractivity contribution in [1.82, 2.24) is 0 Å². The fourth-order valence-electron chi connectivity index (χ4n) is 1.96. The summed E-state index contributed by atoms with van der Waals surface area (Å²) < 4.78 is 37.6. The van der Waals surface area contributed by atoms with Crippen LogP contribution in [0.4, 0.5) is 8.78 Å². The maximum Gasteiger partial charge on any atom is 0.171 e. The van der Waals surface area contributed by atoms with Crippen molar-refractivity contribution < 1.29 is 23.4 Å². The normalized spacial score (nSPS) is 12.0. The lowest BCUT2D eigenvalue weighted by atomic mass is 10.1. The summed E-state index contributed by atoms with van der Waals surface area (Å²) in [5.41, 5.74) is 0.633. The van der Waals surface area contributed by atoms with Gasteiger partial charge in [0.25, 0.3) is 0 Å². The van der Waals surface area contributed by atoms with Crippen LogP contribution in [0.3, 0.4) is 0 Å². The highest BCUT2D eigenvalue weighted by molar-refractivity contribution is 5.36. The molecule has 0 unspecified atom stereocenters. The Morgan fingerprint density at radius 2 is 1.90 bits per heavy atom. The molecule has 0 amide bonds. The molecule has 0 radical (unpaired) electrons. The zero-order valence-electron chi connectivity index (χ0n) is 11.8. The molecule has 0 saturated heterocycles. The molecule has 0 saturated carbocycles. The van der Waals surface area contributed by atoms with Gasteiger partial charge in [-0.1, -0.05) is 12.1 Å². The third kappa shape index (κ3) is 3.49. The summed E-state index contributed by atoms with van der Waals surface area (Å²) >= 11 is 0. The molecule has 3 nitrogen and oxygen atoms in total. The van der Waals surface area contributed by atoms with E-state index in [1.165, 1.54) is 38.3 Å². The Bertz CT molecular complexity index is 627. The fraction of sp³-hybridized carbons (Fsp3) is 0.250. The van der Waals surface area contributed by atoms with Crippen LogP contribution in [0.15, 0.2) is 36.4 Å². The van der Waals surface area contributed by atoms with Crippen LogP contribution in [0.5, 0.6) is 11.5 Å². The van der Waals surface area contributed by atoms with Gasteiger partial charge in [0, 0.05) is 11.1 Å². The second-order valence-corrected chi connectivity index (χ2v) is 4.58. The Labute approximate surface area is 121 Å². The second-order valence-electron chi connectivity index (χ2n) is 4.58. The first kappa shape index (κ1) is 15.3. The number of benzene rings is 2. The van der Waals surface area contributed by atoms with Crippen molar-refractivity contribution in [2.45, 2.75) is 19.6 Å². The monoisotopic (exact) mass is 294 g/mol. The van der Waals surface area contributed by atoms with E-state index in [9.17, 15) is 13.9 Å². The van der Waals surface area contributed by atoms with Crippen LogP contribution in [-0.2, 0) is 6.61 Å². The van der Waals surface area contributed by atoms with Crippen LogP contribution in [-0.4, -0.2) is 12.2 Å². The van der Waals surface area contributed by atoms with E-state index < -0.39 is 17.7 Å². The first-order chi connectivity index (χ1) is 10.0. The van der Waals surface area contributed by atoms with Crippen LogP contribution in [0.1, 0.15) is 24.2 Å². The van der Waals surface area contributed by atoms with Crippen LogP contribution in [0.25, 0.3) is 0 Å². The molecule has 0 spiro atoms. The third-order valence-electron chi connectivity index (χ3n) is 3.07. The zero-order valence-corrected chi connectivity index (χ0v) is 11.8. The van der Waals surface area contributed by atoms with E-state index in [1.807, 2.05) is 0 Å². The minimum Gasteiger partial charge on any atom is -0.494 e. The second kappa shape index (κ2) is 6.54. The van der Waals surface area contributed by atoms with E-state index in [0.717, 1.165) is 0 Å². The first-order valence-electron chi connectivity index (χ1n) is 6.44. The number of hydrogen-bond donors (Lipinski definition) is 1. The lowest BCUT2D eigenvalue weighted by Gasteiger charge is -2.14. The van der Waals surface area contributed by atoms with Gasteiger partial charge in [0.05, 0.1) is 13.2 Å². The maximum absolute atomic E-state index is 14.0. The van der Waals surface area contributed by atoms with Gasteiger partial charge in [-0.3, -0.25) is 0 Å². The molecule has 2 aromatic rings. The number of hydrogen-bond acceptors (Lipinski definition) is 3. The van der Waals surface area contributed by atoms with Gasteiger partial charge in [0.2, 0.25) is 0 Å². The van der Waals surface area contributed by atoms with E-state index in [-0.39, 0.29) is 12.4 Å². The topological polar surface area (TPSA) is 38.7 Å². The molecule has 0 fully saturated rings. The maximum atomic E-state index is 14.0. The van der Waals surface area contributed by atoms with Crippen molar-refractivity contribution in [2.75, 3.05) is 7.11 Å². The fourth-order valence-corrected chi connectivity index (χ4v) is 1.96. The SMILES string of the molecule is COc1cccc(COc2ccc(F)cc2[C@H](C)O)c1F. The van der Waals surface area contributed by atoms with Crippen LogP contribution < -0.4 is 9.47 Å². The van der Waals surface area contributed by atoms with Gasteiger partial charge in [0.1, 0.15) is 18.2 Å². The van der Waals surface area contributed by atoms with Crippen molar-refractivity contribution in [1.29, 1.82) is 0 Å². The number of halogens is 2. The lowest BCUT2D eigenvalue weighted by Crippen LogP contribution is -2.04.